The van der Waals surface area contributed by atoms with Gasteiger partial charge < -0.3 is 15.5 Å². The molecule has 3 N–H and O–H groups in total. The molecule has 0 saturated heterocycles. The zero-order chi connectivity index (χ0) is 17.4. The van der Waals surface area contributed by atoms with Crippen LogP contribution in [-0.2, 0) is 6.42 Å². The smallest absolute Gasteiger partial charge is 0.0633 e. The first-order valence-corrected chi connectivity index (χ1v) is 8.78. The second-order valence-corrected chi connectivity index (χ2v) is 7.10. The van der Waals surface area contributed by atoms with Gasteiger partial charge in [-0.1, -0.05) is 54.6 Å². The average molecular weight is 333 g/mol. The summed E-state index contributed by atoms with van der Waals surface area (Å²) >= 11 is 0. The third-order valence-electron chi connectivity index (χ3n) is 5.28. The summed E-state index contributed by atoms with van der Waals surface area (Å²) in [5.41, 5.74) is 5.91. The highest BCUT2D eigenvalue weighted by molar-refractivity contribution is 6.15. The first-order valence-electron chi connectivity index (χ1n) is 8.78. The van der Waals surface area contributed by atoms with Crippen LogP contribution in [0.3, 0.4) is 0 Å². The van der Waals surface area contributed by atoms with Gasteiger partial charge in [-0.15, -0.1) is 0 Å². The number of aliphatic hydroxyl groups is 2. The maximum atomic E-state index is 9.41. The second-order valence-electron chi connectivity index (χ2n) is 7.10. The van der Waals surface area contributed by atoms with E-state index in [1.54, 1.807) is 0 Å². The number of rotatable bonds is 6. The molecule has 3 heteroatoms. The molecule has 25 heavy (non-hydrogen) atoms. The van der Waals surface area contributed by atoms with Gasteiger partial charge in [0.1, 0.15) is 0 Å². The van der Waals surface area contributed by atoms with E-state index in [1.165, 1.54) is 38.6 Å². The van der Waals surface area contributed by atoms with Crippen LogP contribution in [0.5, 0.6) is 0 Å². The second kappa shape index (κ2) is 6.26. The summed E-state index contributed by atoms with van der Waals surface area (Å²) < 4.78 is 0. The predicted molar refractivity (Wildman–Crippen MR) is 103 cm³/mol. The van der Waals surface area contributed by atoms with Crippen molar-refractivity contribution in [3.63, 3.8) is 0 Å². The number of nitrogens with one attached hydrogen (secondary N) is 1. The molecule has 1 aliphatic carbocycles. The fraction of sp³-hybridized carbons (Fsp3) is 0.273. The molecular formula is C22H23NO2. The summed E-state index contributed by atoms with van der Waals surface area (Å²) in [6.45, 7) is 2.38. The first kappa shape index (κ1) is 16.3. The van der Waals surface area contributed by atoms with Crippen LogP contribution in [-0.4, -0.2) is 35.5 Å². The maximum Gasteiger partial charge on any atom is 0.0633 e. The van der Waals surface area contributed by atoms with Crippen molar-refractivity contribution in [3.05, 3.63) is 60.2 Å². The third kappa shape index (κ3) is 2.65. The molecule has 0 atom stereocenters. The Labute approximate surface area is 147 Å². The summed E-state index contributed by atoms with van der Waals surface area (Å²) in [4.78, 5) is 0. The summed E-state index contributed by atoms with van der Waals surface area (Å²) in [5.74, 6) is 0. The summed E-state index contributed by atoms with van der Waals surface area (Å²) in [6, 6.07) is 19.5. The number of hydrogen-bond acceptors (Lipinski definition) is 3. The molecule has 1 aliphatic rings. The number of benzene rings is 3. The molecule has 0 amide bonds. The van der Waals surface area contributed by atoms with Crippen LogP contribution < -0.4 is 5.32 Å². The molecule has 0 unspecified atom stereocenters. The zero-order valence-corrected chi connectivity index (χ0v) is 14.4. The van der Waals surface area contributed by atoms with Crippen LogP contribution >= 0.6 is 0 Å². The van der Waals surface area contributed by atoms with Crippen molar-refractivity contribution in [2.45, 2.75) is 18.9 Å². The number of fused-ring (bicyclic) bond motifs is 3. The van der Waals surface area contributed by atoms with Gasteiger partial charge in [0, 0.05) is 0 Å². The normalized spacial score (nSPS) is 12.6. The lowest BCUT2D eigenvalue weighted by Crippen LogP contribution is -2.49. The van der Waals surface area contributed by atoms with Crippen LogP contribution in [0.1, 0.15) is 12.5 Å². The summed E-state index contributed by atoms with van der Waals surface area (Å²) in [7, 11) is 0. The van der Waals surface area contributed by atoms with Gasteiger partial charge in [-0.3, -0.25) is 0 Å². The third-order valence-corrected chi connectivity index (χ3v) is 5.28. The zero-order valence-electron chi connectivity index (χ0n) is 14.4. The molecule has 0 heterocycles. The van der Waals surface area contributed by atoms with Crippen LogP contribution in [0, 0.1) is 0 Å². The lowest BCUT2D eigenvalue weighted by molar-refractivity contribution is 0.105. The van der Waals surface area contributed by atoms with Crippen molar-refractivity contribution >= 4 is 10.8 Å². The minimum absolute atomic E-state index is 0.0807. The highest BCUT2D eigenvalue weighted by atomic mass is 16.3. The molecule has 3 aromatic rings. The molecule has 0 spiro atoms. The molecule has 3 nitrogen and oxygen atoms in total. The Balaban J connectivity index is 1.69. The van der Waals surface area contributed by atoms with Crippen molar-refractivity contribution in [2.24, 2.45) is 0 Å². The minimum Gasteiger partial charge on any atom is -0.394 e. The van der Waals surface area contributed by atoms with Crippen molar-refractivity contribution in [2.75, 3.05) is 19.8 Å². The SMILES string of the molecule is CC(CO)(CO)NCCc1ccc2c3c(cccc13)-c1ccccc1-2. The standard InChI is InChI=1S/C22H23NO2/c1-22(13-24,14-25)23-12-11-15-9-10-20-18-6-3-2-5-17(18)19-8-4-7-16(15)21(19)20/h2-10,23-25H,11-14H2,1H3. The Morgan fingerprint density at radius 3 is 2.12 bits per heavy atom. The first-order chi connectivity index (χ1) is 12.2. The predicted octanol–water partition coefficient (Wildman–Crippen LogP) is 3.36. The highest BCUT2D eigenvalue weighted by Gasteiger charge is 2.23. The molecule has 0 aliphatic heterocycles. The monoisotopic (exact) mass is 333 g/mol. The molecule has 0 radical (unpaired) electrons. The topological polar surface area (TPSA) is 52.5 Å². The van der Waals surface area contributed by atoms with Crippen LogP contribution in [0.25, 0.3) is 33.0 Å². The van der Waals surface area contributed by atoms with E-state index in [1.807, 2.05) is 6.92 Å². The summed E-state index contributed by atoms with van der Waals surface area (Å²) in [5, 5.41) is 24.7. The lowest BCUT2D eigenvalue weighted by atomic mass is 9.96. The Bertz CT molecular complexity index is 899. The van der Waals surface area contributed by atoms with Gasteiger partial charge >= 0.3 is 0 Å². The molecule has 0 bridgehead atoms. The van der Waals surface area contributed by atoms with Crippen LogP contribution in [0.4, 0.5) is 0 Å². The van der Waals surface area contributed by atoms with E-state index in [0.717, 1.165) is 6.42 Å². The van der Waals surface area contributed by atoms with Gasteiger partial charge in [0.25, 0.3) is 0 Å². The molecule has 128 valence electrons. The van der Waals surface area contributed by atoms with E-state index < -0.39 is 5.54 Å². The fourth-order valence-corrected chi connectivity index (χ4v) is 3.75. The number of hydrogen-bond donors (Lipinski definition) is 3. The van der Waals surface area contributed by atoms with Gasteiger partial charge in [-0.25, -0.2) is 0 Å². The molecular weight excluding hydrogens is 310 g/mol. The van der Waals surface area contributed by atoms with Crippen molar-refractivity contribution in [3.8, 4) is 22.3 Å². The van der Waals surface area contributed by atoms with E-state index in [4.69, 9.17) is 0 Å². The van der Waals surface area contributed by atoms with Gasteiger partial charge in [0.15, 0.2) is 0 Å². The van der Waals surface area contributed by atoms with E-state index in [2.05, 4.69) is 59.9 Å². The van der Waals surface area contributed by atoms with E-state index in [-0.39, 0.29) is 13.2 Å². The highest BCUT2D eigenvalue weighted by Crippen LogP contribution is 2.47. The van der Waals surface area contributed by atoms with Crippen molar-refractivity contribution in [1.29, 1.82) is 0 Å². The van der Waals surface area contributed by atoms with E-state index in [0.29, 0.717) is 6.54 Å². The molecule has 0 fully saturated rings. The lowest BCUT2D eigenvalue weighted by Gasteiger charge is -2.26. The summed E-state index contributed by atoms with van der Waals surface area (Å²) in [6.07, 6.45) is 0.853. The van der Waals surface area contributed by atoms with Crippen LogP contribution in [0.2, 0.25) is 0 Å². The maximum absolute atomic E-state index is 9.41. The Morgan fingerprint density at radius 1 is 0.800 bits per heavy atom. The van der Waals surface area contributed by atoms with E-state index in [9.17, 15) is 10.2 Å². The number of aliphatic hydroxyl groups excluding tert-OH is 2. The molecule has 0 saturated carbocycles. The van der Waals surface area contributed by atoms with E-state index >= 15 is 0 Å². The van der Waals surface area contributed by atoms with Gasteiger partial charge in [0.05, 0.1) is 18.8 Å². The molecule has 4 rings (SSSR count). The largest absolute Gasteiger partial charge is 0.394 e. The Kier molecular flexibility index (Phi) is 4.08. The van der Waals surface area contributed by atoms with Crippen molar-refractivity contribution in [1.82, 2.24) is 5.32 Å². The minimum atomic E-state index is -0.634. The molecule has 3 aromatic carbocycles. The quantitative estimate of drug-likeness (QED) is 0.507. The van der Waals surface area contributed by atoms with Gasteiger partial charge in [0.2, 0.25) is 0 Å². The average Bonchev–Trinajstić information content (AvgIpc) is 2.99. The Hall–Kier alpha value is -2.20. The van der Waals surface area contributed by atoms with Gasteiger partial charge in [-0.2, -0.15) is 0 Å². The van der Waals surface area contributed by atoms with Crippen LogP contribution in [0.15, 0.2) is 54.6 Å². The Morgan fingerprint density at radius 2 is 1.44 bits per heavy atom. The van der Waals surface area contributed by atoms with Crippen molar-refractivity contribution < 1.29 is 10.2 Å². The molecule has 0 aromatic heterocycles. The fourth-order valence-electron chi connectivity index (χ4n) is 3.75. The van der Waals surface area contributed by atoms with Gasteiger partial charge in [-0.05, 0) is 58.5 Å².